The standard InChI is InChI=1S/C20H15Cl2FN2O2S/c21-15-7-2-1-6-13(15)20-24-18-10-3-4-11-19(18)28(26,27)25(20)12-14-16(22)8-5-9-17(14)23/h1-11,20,24H,12H2/t20-/m0/s1. The minimum Gasteiger partial charge on any atom is -0.364 e. The van der Waals surface area contributed by atoms with Crippen LogP contribution in [0.1, 0.15) is 17.3 Å². The van der Waals surface area contributed by atoms with E-state index in [1.54, 1.807) is 42.5 Å². The second-order valence-electron chi connectivity index (χ2n) is 6.32. The number of anilines is 1. The van der Waals surface area contributed by atoms with Crippen molar-refractivity contribution in [2.45, 2.75) is 17.6 Å². The highest BCUT2D eigenvalue weighted by Gasteiger charge is 2.40. The Balaban J connectivity index is 1.90. The molecule has 0 saturated carbocycles. The summed E-state index contributed by atoms with van der Waals surface area (Å²) < 4.78 is 42.4. The van der Waals surface area contributed by atoms with Crippen LogP contribution in [0.5, 0.6) is 0 Å². The molecule has 28 heavy (non-hydrogen) atoms. The number of benzene rings is 3. The summed E-state index contributed by atoms with van der Waals surface area (Å²) in [5, 5.41) is 3.78. The summed E-state index contributed by atoms with van der Waals surface area (Å²) in [5.41, 5.74) is 1.13. The van der Waals surface area contributed by atoms with Gasteiger partial charge in [-0.05, 0) is 30.3 Å². The maximum absolute atomic E-state index is 14.4. The fourth-order valence-corrected chi connectivity index (χ4v) is 5.35. The summed E-state index contributed by atoms with van der Waals surface area (Å²) in [4.78, 5) is 0.116. The minimum atomic E-state index is -3.94. The molecule has 0 aromatic heterocycles. The van der Waals surface area contributed by atoms with Gasteiger partial charge < -0.3 is 5.32 Å². The van der Waals surface area contributed by atoms with E-state index >= 15 is 0 Å². The molecule has 144 valence electrons. The molecule has 1 heterocycles. The van der Waals surface area contributed by atoms with Gasteiger partial charge in [0.1, 0.15) is 16.9 Å². The second-order valence-corrected chi connectivity index (χ2v) is 8.99. The molecule has 4 nitrogen and oxygen atoms in total. The second kappa shape index (κ2) is 7.37. The third kappa shape index (κ3) is 3.26. The predicted molar refractivity (Wildman–Crippen MR) is 108 cm³/mol. The Kier molecular flexibility index (Phi) is 5.05. The molecule has 1 atom stereocenters. The molecule has 3 aromatic rings. The van der Waals surface area contributed by atoms with Crippen LogP contribution in [0.3, 0.4) is 0 Å². The van der Waals surface area contributed by atoms with Crippen molar-refractivity contribution in [2.75, 3.05) is 5.32 Å². The van der Waals surface area contributed by atoms with Gasteiger partial charge in [-0.1, -0.05) is 59.6 Å². The summed E-state index contributed by atoms with van der Waals surface area (Å²) in [6.07, 6.45) is -0.815. The lowest BCUT2D eigenvalue weighted by Gasteiger charge is -2.38. The van der Waals surface area contributed by atoms with E-state index in [-0.39, 0.29) is 22.0 Å². The fraction of sp³-hybridized carbons (Fsp3) is 0.100. The summed E-state index contributed by atoms with van der Waals surface area (Å²) in [7, 11) is -3.94. The van der Waals surface area contributed by atoms with Crippen LogP contribution in [0.15, 0.2) is 71.6 Å². The van der Waals surface area contributed by atoms with Gasteiger partial charge in [0.25, 0.3) is 0 Å². The van der Waals surface area contributed by atoms with Gasteiger partial charge in [0.15, 0.2) is 0 Å². The normalized spacial score (nSPS) is 18.3. The highest BCUT2D eigenvalue weighted by Crippen LogP contribution is 2.41. The molecule has 4 rings (SSSR count). The van der Waals surface area contributed by atoms with Crippen LogP contribution in [-0.4, -0.2) is 12.7 Å². The van der Waals surface area contributed by atoms with Gasteiger partial charge in [-0.3, -0.25) is 0 Å². The molecule has 0 fully saturated rings. The van der Waals surface area contributed by atoms with Crippen LogP contribution in [0.25, 0.3) is 0 Å². The van der Waals surface area contributed by atoms with Crippen molar-refractivity contribution in [1.29, 1.82) is 0 Å². The zero-order valence-electron chi connectivity index (χ0n) is 14.4. The summed E-state index contributed by atoms with van der Waals surface area (Å²) in [6.45, 7) is -0.245. The number of nitrogens with zero attached hydrogens (tertiary/aromatic N) is 1. The molecule has 1 aliphatic heterocycles. The average molecular weight is 437 g/mol. The van der Waals surface area contributed by atoms with Crippen LogP contribution in [0.4, 0.5) is 10.1 Å². The summed E-state index contributed by atoms with van der Waals surface area (Å²) >= 11 is 12.5. The molecular formula is C20H15Cl2FN2O2S. The average Bonchev–Trinajstić information content (AvgIpc) is 2.66. The molecule has 1 aliphatic rings. The summed E-state index contributed by atoms with van der Waals surface area (Å²) in [6, 6.07) is 17.8. The van der Waals surface area contributed by atoms with E-state index in [0.717, 1.165) is 0 Å². The van der Waals surface area contributed by atoms with Crippen LogP contribution >= 0.6 is 23.2 Å². The Morgan fingerprint density at radius 2 is 1.61 bits per heavy atom. The smallest absolute Gasteiger partial charge is 0.247 e. The molecule has 0 bridgehead atoms. The zero-order chi connectivity index (χ0) is 19.9. The molecule has 0 aliphatic carbocycles. The first-order valence-corrected chi connectivity index (χ1v) is 10.6. The predicted octanol–water partition coefficient (Wildman–Crippen LogP) is 5.45. The molecule has 8 heteroatoms. The lowest BCUT2D eigenvalue weighted by Crippen LogP contribution is -2.42. The first kappa shape index (κ1) is 19.2. The summed E-state index contributed by atoms with van der Waals surface area (Å²) in [5.74, 6) is -0.570. The van der Waals surface area contributed by atoms with Crippen molar-refractivity contribution in [2.24, 2.45) is 0 Å². The third-order valence-electron chi connectivity index (χ3n) is 4.63. The molecule has 0 saturated heterocycles. The van der Waals surface area contributed by atoms with Gasteiger partial charge in [-0.2, -0.15) is 4.31 Å². The Labute approximate surface area is 172 Å². The Morgan fingerprint density at radius 3 is 2.36 bits per heavy atom. The van der Waals surface area contributed by atoms with Gasteiger partial charge in [0.2, 0.25) is 10.0 Å². The topological polar surface area (TPSA) is 49.4 Å². The van der Waals surface area contributed by atoms with Crippen LogP contribution in [0, 0.1) is 5.82 Å². The van der Waals surface area contributed by atoms with E-state index in [1.807, 2.05) is 0 Å². The van der Waals surface area contributed by atoms with Crippen molar-refractivity contribution in [3.05, 3.63) is 93.7 Å². The molecule has 1 N–H and O–H groups in total. The van der Waals surface area contributed by atoms with E-state index in [2.05, 4.69) is 5.32 Å². The Morgan fingerprint density at radius 1 is 0.929 bits per heavy atom. The minimum absolute atomic E-state index is 0.103. The van der Waals surface area contributed by atoms with Crippen molar-refractivity contribution in [3.63, 3.8) is 0 Å². The van der Waals surface area contributed by atoms with E-state index < -0.39 is 22.0 Å². The number of nitrogens with one attached hydrogen (secondary N) is 1. The quantitative estimate of drug-likeness (QED) is 0.593. The van der Waals surface area contributed by atoms with Crippen molar-refractivity contribution in [3.8, 4) is 0 Å². The number of hydrogen-bond acceptors (Lipinski definition) is 3. The number of fused-ring (bicyclic) bond motifs is 1. The fourth-order valence-electron chi connectivity index (χ4n) is 3.24. The van der Waals surface area contributed by atoms with Crippen molar-refractivity contribution >= 4 is 38.9 Å². The lowest BCUT2D eigenvalue weighted by molar-refractivity contribution is 0.331. The first-order chi connectivity index (χ1) is 13.4. The first-order valence-electron chi connectivity index (χ1n) is 8.44. The lowest BCUT2D eigenvalue weighted by atomic mass is 10.1. The van der Waals surface area contributed by atoms with Crippen molar-refractivity contribution < 1.29 is 12.8 Å². The van der Waals surface area contributed by atoms with Crippen LogP contribution in [-0.2, 0) is 16.6 Å². The van der Waals surface area contributed by atoms with E-state index in [9.17, 15) is 12.8 Å². The number of hydrogen-bond donors (Lipinski definition) is 1. The molecule has 0 unspecified atom stereocenters. The van der Waals surface area contributed by atoms with Crippen LogP contribution in [0.2, 0.25) is 10.0 Å². The highest BCUT2D eigenvalue weighted by atomic mass is 35.5. The van der Waals surface area contributed by atoms with Crippen molar-refractivity contribution in [1.82, 2.24) is 4.31 Å². The molecule has 0 spiro atoms. The highest BCUT2D eigenvalue weighted by molar-refractivity contribution is 7.89. The van der Waals surface area contributed by atoms with Gasteiger partial charge in [0.05, 0.1) is 5.69 Å². The largest absolute Gasteiger partial charge is 0.364 e. The van der Waals surface area contributed by atoms with Gasteiger partial charge in [0, 0.05) is 27.7 Å². The van der Waals surface area contributed by atoms with Gasteiger partial charge in [-0.25, -0.2) is 12.8 Å². The van der Waals surface area contributed by atoms with Crippen LogP contribution < -0.4 is 5.32 Å². The maximum atomic E-state index is 14.4. The molecule has 3 aromatic carbocycles. The van der Waals surface area contributed by atoms with E-state index in [0.29, 0.717) is 16.3 Å². The van der Waals surface area contributed by atoms with Gasteiger partial charge in [-0.15, -0.1) is 0 Å². The Bertz CT molecular complexity index is 1130. The number of para-hydroxylation sites is 1. The molecule has 0 radical (unpaired) electrons. The maximum Gasteiger partial charge on any atom is 0.247 e. The zero-order valence-corrected chi connectivity index (χ0v) is 16.8. The van der Waals surface area contributed by atoms with E-state index in [4.69, 9.17) is 23.2 Å². The molecular weight excluding hydrogens is 422 g/mol. The SMILES string of the molecule is O=S1(=O)c2ccccc2N[C@H](c2ccccc2Cl)N1Cc1c(F)cccc1Cl. The van der Waals surface area contributed by atoms with E-state index in [1.165, 1.54) is 28.6 Å². The number of sulfonamides is 1. The molecule has 0 amide bonds. The number of rotatable bonds is 3. The monoisotopic (exact) mass is 436 g/mol. The number of halogens is 3. The van der Waals surface area contributed by atoms with Gasteiger partial charge >= 0.3 is 0 Å². The Hall–Kier alpha value is -2.12. The third-order valence-corrected chi connectivity index (χ3v) is 7.20.